The number of hydrogen-bond acceptors (Lipinski definition) is 3. The number of benzene rings is 1. The molecule has 0 amide bonds. The number of anilines is 1. The molecule has 0 aliphatic carbocycles. The van der Waals surface area contributed by atoms with Crippen molar-refractivity contribution in [3.05, 3.63) is 58.0 Å². The molecule has 0 aliphatic rings. The molecule has 0 spiro atoms. The average Bonchev–Trinajstić information content (AvgIpc) is 2.84. The lowest BCUT2D eigenvalue weighted by Crippen LogP contribution is -2.21. The zero-order valence-corrected chi connectivity index (χ0v) is 14.3. The molecule has 10 heteroatoms. The summed E-state index contributed by atoms with van der Waals surface area (Å²) in [6.45, 7) is 0. The van der Waals surface area contributed by atoms with Crippen molar-refractivity contribution < 1.29 is 17.6 Å². The molecule has 2 aromatic heterocycles. The Morgan fingerprint density at radius 2 is 1.81 bits per heavy atom. The summed E-state index contributed by atoms with van der Waals surface area (Å²) >= 11 is 0. The highest BCUT2D eigenvalue weighted by Gasteiger charge is 2.25. The summed E-state index contributed by atoms with van der Waals surface area (Å²) in [5.74, 6) is -2.05. The topological polar surface area (TPSA) is 51.9 Å². The van der Waals surface area contributed by atoms with E-state index in [1.165, 1.54) is 14.1 Å². The standard InChI is InChI=1S/C17H13BF4N4O/c1-23-14-15(13-10(19)6-9(18)7-11(13)20)25(2)26(17(14)27)12-5-8(16(21)22)3-4-24-12/h3-7,16,23H,1-2H3. The predicted molar refractivity (Wildman–Crippen MR) is 94.0 cm³/mol. The van der Waals surface area contributed by atoms with Gasteiger partial charge < -0.3 is 5.32 Å². The van der Waals surface area contributed by atoms with Gasteiger partial charge in [-0.2, -0.15) is 4.68 Å². The number of halogens is 4. The Hall–Kier alpha value is -3.04. The molecule has 0 unspecified atom stereocenters. The molecule has 1 N–H and O–H groups in total. The molecule has 3 rings (SSSR count). The highest BCUT2D eigenvalue weighted by Crippen LogP contribution is 2.31. The van der Waals surface area contributed by atoms with E-state index < -0.39 is 29.2 Å². The number of alkyl halides is 2. The summed E-state index contributed by atoms with van der Waals surface area (Å²) in [7, 11) is 8.20. The molecular formula is C17H13BF4N4O. The third kappa shape index (κ3) is 3.11. The number of rotatable bonds is 4. The fourth-order valence-electron chi connectivity index (χ4n) is 2.88. The Morgan fingerprint density at radius 3 is 2.37 bits per heavy atom. The van der Waals surface area contributed by atoms with Crippen LogP contribution in [0.25, 0.3) is 17.1 Å². The van der Waals surface area contributed by atoms with Gasteiger partial charge in [0.1, 0.15) is 25.2 Å². The minimum atomic E-state index is -2.77. The molecule has 0 bridgehead atoms. The summed E-state index contributed by atoms with van der Waals surface area (Å²) in [5, 5.41) is 2.61. The summed E-state index contributed by atoms with van der Waals surface area (Å²) in [6.07, 6.45) is -1.64. The van der Waals surface area contributed by atoms with E-state index in [1.54, 1.807) is 0 Å². The van der Waals surface area contributed by atoms with Gasteiger partial charge in [0.15, 0.2) is 5.82 Å². The molecule has 0 aliphatic heterocycles. The van der Waals surface area contributed by atoms with Crippen LogP contribution in [0.2, 0.25) is 0 Å². The molecule has 138 valence electrons. The third-order valence-electron chi connectivity index (χ3n) is 4.06. The molecule has 0 atom stereocenters. The fourth-order valence-corrected chi connectivity index (χ4v) is 2.88. The summed E-state index contributed by atoms with van der Waals surface area (Å²) < 4.78 is 56.9. The Labute approximate surface area is 152 Å². The second kappa shape index (κ2) is 6.94. The molecule has 27 heavy (non-hydrogen) atoms. The van der Waals surface area contributed by atoms with Gasteiger partial charge in [0, 0.05) is 25.9 Å². The number of hydrogen-bond donors (Lipinski definition) is 1. The average molecular weight is 376 g/mol. The molecule has 5 nitrogen and oxygen atoms in total. The fraction of sp³-hybridized carbons (Fsp3) is 0.176. The highest BCUT2D eigenvalue weighted by atomic mass is 19.3. The van der Waals surface area contributed by atoms with Crippen LogP contribution in [0.5, 0.6) is 0 Å². The smallest absolute Gasteiger partial charge is 0.296 e. The van der Waals surface area contributed by atoms with E-state index in [1.807, 2.05) is 0 Å². The van der Waals surface area contributed by atoms with Crippen molar-refractivity contribution in [3.63, 3.8) is 0 Å². The van der Waals surface area contributed by atoms with Crippen LogP contribution in [-0.4, -0.2) is 29.2 Å². The normalized spacial score (nSPS) is 11.2. The molecule has 1 aromatic carbocycles. The number of pyridine rings is 1. The lowest BCUT2D eigenvalue weighted by Gasteiger charge is -2.12. The third-order valence-corrected chi connectivity index (χ3v) is 4.06. The van der Waals surface area contributed by atoms with Crippen molar-refractivity contribution in [1.29, 1.82) is 0 Å². The number of nitrogens with zero attached hydrogens (tertiary/aromatic N) is 3. The van der Waals surface area contributed by atoms with Gasteiger partial charge in [-0.05, 0) is 24.3 Å². The van der Waals surface area contributed by atoms with Crippen molar-refractivity contribution >= 4 is 19.0 Å². The minimum Gasteiger partial charge on any atom is -0.382 e. The van der Waals surface area contributed by atoms with Crippen LogP contribution in [0, 0.1) is 11.6 Å². The minimum absolute atomic E-state index is 0.109. The molecule has 0 fully saturated rings. The zero-order valence-electron chi connectivity index (χ0n) is 14.3. The van der Waals surface area contributed by atoms with Crippen LogP contribution in [0.15, 0.2) is 35.3 Å². The van der Waals surface area contributed by atoms with Crippen molar-refractivity contribution in [2.45, 2.75) is 6.43 Å². The first-order chi connectivity index (χ1) is 12.8. The van der Waals surface area contributed by atoms with Crippen molar-refractivity contribution in [2.75, 3.05) is 12.4 Å². The predicted octanol–water partition coefficient (Wildman–Crippen LogP) is 2.29. The lowest BCUT2D eigenvalue weighted by atomic mass is 9.93. The monoisotopic (exact) mass is 376 g/mol. The van der Waals surface area contributed by atoms with Gasteiger partial charge in [0.25, 0.3) is 12.0 Å². The van der Waals surface area contributed by atoms with Gasteiger partial charge in [-0.1, -0.05) is 5.46 Å². The maximum absolute atomic E-state index is 14.4. The van der Waals surface area contributed by atoms with E-state index in [0.29, 0.717) is 0 Å². The quantitative estimate of drug-likeness (QED) is 0.562. The first kappa shape index (κ1) is 18.7. The highest BCUT2D eigenvalue weighted by molar-refractivity contribution is 6.32. The van der Waals surface area contributed by atoms with Gasteiger partial charge in [0.05, 0.1) is 11.3 Å². The largest absolute Gasteiger partial charge is 0.382 e. The zero-order chi connectivity index (χ0) is 19.9. The van der Waals surface area contributed by atoms with Crippen LogP contribution in [-0.2, 0) is 7.05 Å². The molecule has 3 aromatic rings. The molecular weight excluding hydrogens is 363 g/mol. The second-order valence-electron chi connectivity index (χ2n) is 5.72. The van der Waals surface area contributed by atoms with E-state index in [0.717, 1.165) is 39.8 Å². The van der Waals surface area contributed by atoms with Crippen LogP contribution in [0.1, 0.15) is 12.0 Å². The van der Waals surface area contributed by atoms with E-state index in [-0.39, 0.29) is 28.2 Å². The molecule has 2 heterocycles. The van der Waals surface area contributed by atoms with Crippen molar-refractivity contribution in [3.8, 4) is 17.1 Å². The van der Waals surface area contributed by atoms with Crippen LogP contribution >= 0.6 is 0 Å². The van der Waals surface area contributed by atoms with E-state index in [4.69, 9.17) is 7.85 Å². The Morgan fingerprint density at radius 1 is 1.19 bits per heavy atom. The van der Waals surface area contributed by atoms with Gasteiger partial charge >= 0.3 is 0 Å². The molecule has 0 saturated carbocycles. The van der Waals surface area contributed by atoms with Crippen LogP contribution in [0.3, 0.4) is 0 Å². The first-order valence-electron chi connectivity index (χ1n) is 7.75. The van der Waals surface area contributed by atoms with Gasteiger partial charge in [-0.15, -0.1) is 0 Å². The van der Waals surface area contributed by atoms with Gasteiger partial charge in [-0.25, -0.2) is 22.5 Å². The lowest BCUT2D eigenvalue weighted by molar-refractivity contribution is 0.151. The molecule has 0 saturated heterocycles. The van der Waals surface area contributed by atoms with Gasteiger partial charge in [0.2, 0.25) is 0 Å². The van der Waals surface area contributed by atoms with Crippen LogP contribution in [0.4, 0.5) is 23.2 Å². The van der Waals surface area contributed by atoms with Gasteiger partial charge in [-0.3, -0.25) is 9.48 Å². The number of aromatic nitrogens is 3. The SMILES string of the molecule is [B]c1cc(F)c(-c2c(NC)c(=O)n(-c3cc(C(F)F)ccn3)n2C)c(F)c1. The van der Waals surface area contributed by atoms with E-state index >= 15 is 0 Å². The van der Waals surface area contributed by atoms with Crippen LogP contribution < -0.4 is 16.3 Å². The Kier molecular flexibility index (Phi) is 4.82. The summed E-state index contributed by atoms with van der Waals surface area (Å²) in [5.41, 5.74) is -1.87. The Balaban J connectivity index is 2.33. The summed E-state index contributed by atoms with van der Waals surface area (Å²) in [4.78, 5) is 16.7. The summed E-state index contributed by atoms with van der Waals surface area (Å²) in [6, 6.07) is 4.00. The van der Waals surface area contributed by atoms with E-state index in [2.05, 4.69) is 10.3 Å². The maximum atomic E-state index is 14.4. The first-order valence-corrected chi connectivity index (χ1v) is 7.75. The maximum Gasteiger partial charge on any atom is 0.296 e. The second-order valence-corrected chi connectivity index (χ2v) is 5.72. The van der Waals surface area contributed by atoms with Crippen molar-refractivity contribution in [2.24, 2.45) is 7.05 Å². The van der Waals surface area contributed by atoms with Crippen molar-refractivity contribution in [1.82, 2.24) is 14.3 Å². The number of nitrogens with one attached hydrogen (secondary N) is 1. The Bertz CT molecular complexity index is 1050. The van der Waals surface area contributed by atoms with E-state index in [9.17, 15) is 22.4 Å². The molecule has 2 radical (unpaired) electrons.